The summed E-state index contributed by atoms with van der Waals surface area (Å²) in [5, 5.41) is 9.79. The van der Waals surface area contributed by atoms with E-state index in [2.05, 4.69) is 9.71 Å². The van der Waals surface area contributed by atoms with Crippen LogP contribution in [-0.4, -0.2) is 29.0 Å². The second-order valence-electron chi connectivity index (χ2n) is 9.03. The molecule has 11 heteroatoms. The van der Waals surface area contributed by atoms with Crippen molar-refractivity contribution in [3.63, 3.8) is 0 Å². The maximum atomic E-state index is 13.5. The van der Waals surface area contributed by atoms with Crippen LogP contribution in [0, 0.1) is 0 Å². The summed E-state index contributed by atoms with van der Waals surface area (Å²) in [6, 6.07) is 27.1. The van der Waals surface area contributed by atoms with Crippen LogP contribution in [0.15, 0.2) is 95.2 Å². The number of hydrogen-bond donors (Lipinski definition) is 3. The van der Waals surface area contributed by atoms with E-state index in [1.165, 1.54) is 0 Å². The zero-order valence-electron chi connectivity index (χ0n) is 21.1. The van der Waals surface area contributed by atoms with Crippen molar-refractivity contribution in [3.05, 3.63) is 123 Å². The highest BCUT2D eigenvalue weighted by Gasteiger charge is 2.26. The van der Waals surface area contributed by atoms with Gasteiger partial charge in [-0.2, -0.15) is 0 Å². The molecule has 204 valence electrons. The summed E-state index contributed by atoms with van der Waals surface area (Å²) in [4.78, 5) is 17.6. The number of amides is 1. The van der Waals surface area contributed by atoms with Gasteiger partial charge in [0.1, 0.15) is 4.21 Å². The van der Waals surface area contributed by atoms with Gasteiger partial charge in [-0.15, -0.1) is 11.3 Å². The maximum absolute atomic E-state index is 13.5. The third-order valence-electron chi connectivity index (χ3n) is 6.29. The first kappa shape index (κ1) is 27.6. The molecule has 0 bridgehead atoms. The number of imidazole rings is 1. The lowest BCUT2D eigenvalue weighted by atomic mass is 10.0. The number of rotatable bonds is 9. The number of carbonyl (C=O) groups is 1. The molecular formula is C29H25ClN4O4S2. The average molecular weight is 593 g/mol. The zero-order valence-corrected chi connectivity index (χ0v) is 23.5. The first-order valence-electron chi connectivity index (χ1n) is 12.2. The highest BCUT2D eigenvalue weighted by atomic mass is 35.5. The van der Waals surface area contributed by atoms with Crippen molar-refractivity contribution in [2.24, 2.45) is 0 Å². The van der Waals surface area contributed by atoms with E-state index in [4.69, 9.17) is 17.3 Å². The van der Waals surface area contributed by atoms with Crippen LogP contribution < -0.4 is 10.5 Å². The Morgan fingerprint density at radius 1 is 0.975 bits per heavy atom. The van der Waals surface area contributed by atoms with E-state index in [9.17, 15) is 18.3 Å². The van der Waals surface area contributed by atoms with Gasteiger partial charge in [-0.25, -0.2) is 18.1 Å². The Morgan fingerprint density at radius 3 is 2.27 bits per heavy atom. The lowest BCUT2D eigenvalue weighted by Gasteiger charge is -2.10. The van der Waals surface area contributed by atoms with E-state index in [-0.39, 0.29) is 27.5 Å². The first-order valence-corrected chi connectivity index (χ1v) is 14.9. The van der Waals surface area contributed by atoms with Crippen LogP contribution >= 0.6 is 22.9 Å². The molecule has 4 N–H and O–H groups in total. The summed E-state index contributed by atoms with van der Waals surface area (Å²) in [5.41, 5.74) is 9.68. The fraction of sp³-hybridized carbons (Fsp3) is 0.103. The second kappa shape index (κ2) is 11.6. The van der Waals surface area contributed by atoms with Crippen molar-refractivity contribution in [1.29, 1.82) is 0 Å². The third-order valence-corrected chi connectivity index (χ3v) is 9.59. The number of aromatic nitrogens is 2. The van der Waals surface area contributed by atoms with Crippen LogP contribution in [0.5, 0.6) is 0 Å². The first-order chi connectivity index (χ1) is 19.2. The summed E-state index contributed by atoms with van der Waals surface area (Å²) in [6.07, 6.45) is 0.545. The fourth-order valence-electron chi connectivity index (χ4n) is 4.30. The Morgan fingerprint density at radius 2 is 1.62 bits per heavy atom. The topological polar surface area (TPSA) is 127 Å². The number of thiophene rings is 1. The number of anilines is 1. The van der Waals surface area contributed by atoms with Gasteiger partial charge < -0.3 is 15.4 Å². The zero-order chi connectivity index (χ0) is 28.3. The summed E-state index contributed by atoms with van der Waals surface area (Å²) in [7, 11) is -4.18. The van der Waals surface area contributed by atoms with Crippen LogP contribution in [0.25, 0.3) is 11.1 Å². The number of benzene rings is 3. The number of nitrogens with two attached hydrogens (primary N) is 1. The highest BCUT2D eigenvalue weighted by molar-refractivity contribution is 7.92. The van der Waals surface area contributed by atoms with Crippen LogP contribution in [-0.2, 0) is 29.6 Å². The molecule has 0 fully saturated rings. The monoisotopic (exact) mass is 592 g/mol. The molecular weight excluding hydrogens is 568 g/mol. The minimum atomic E-state index is -4.18. The van der Waals surface area contributed by atoms with Gasteiger partial charge in [-0.3, -0.25) is 4.79 Å². The van der Waals surface area contributed by atoms with Gasteiger partial charge in [0.2, 0.25) is 5.95 Å². The highest BCUT2D eigenvalue weighted by Crippen LogP contribution is 2.36. The molecule has 0 atom stereocenters. The number of carbonyl (C=O) groups excluding carboxylic acids is 1. The Labute approximate surface area is 240 Å². The van der Waals surface area contributed by atoms with E-state index in [1.54, 1.807) is 34.9 Å². The van der Waals surface area contributed by atoms with Crippen molar-refractivity contribution in [3.8, 4) is 11.1 Å². The van der Waals surface area contributed by atoms with Crippen LogP contribution in [0.3, 0.4) is 0 Å². The third kappa shape index (κ3) is 5.95. The minimum Gasteiger partial charge on any atom is -0.390 e. The largest absolute Gasteiger partial charge is 0.390 e. The van der Waals surface area contributed by atoms with E-state index >= 15 is 0 Å². The number of aliphatic hydroxyl groups excluding tert-OH is 1. The molecule has 0 saturated carbocycles. The van der Waals surface area contributed by atoms with E-state index in [0.29, 0.717) is 29.8 Å². The van der Waals surface area contributed by atoms with Gasteiger partial charge in [0.05, 0.1) is 18.8 Å². The average Bonchev–Trinajstić information content (AvgIpc) is 3.50. The molecule has 2 aromatic heterocycles. The second-order valence-corrected chi connectivity index (χ2v) is 12.4. The van der Waals surface area contributed by atoms with Crippen molar-refractivity contribution in [1.82, 2.24) is 14.3 Å². The SMILES string of the molecule is Nc1nc(Cl)c(CO)n1Cc1ccc(-c2cc(Cc3ccccc3)sc2S(=O)(=O)NC(=O)c2ccccc2)cc1. The van der Waals surface area contributed by atoms with E-state index in [0.717, 1.165) is 27.3 Å². The molecule has 1 amide bonds. The maximum Gasteiger partial charge on any atom is 0.274 e. The number of nitrogens with one attached hydrogen (secondary N) is 1. The molecule has 5 rings (SSSR count). The number of aliphatic hydroxyl groups is 1. The normalized spacial score (nSPS) is 11.4. The number of nitrogens with zero attached hydrogens (tertiary/aromatic N) is 2. The minimum absolute atomic E-state index is 0.0589. The molecule has 0 aliphatic rings. The van der Waals surface area contributed by atoms with Crippen LogP contribution in [0.4, 0.5) is 5.95 Å². The predicted octanol–water partition coefficient (Wildman–Crippen LogP) is 5.10. The summed E-state index contributed by atoms with van der Waals surface area (Å²) in [5.74, 6) is -0.514. The number of halogens is 1. The summed E-state index contributed by atoms with van der Waals surface area (Å²) >= 11 is 7.20. The van der Waals surface area contributed by atoms with Gasteiger partial charge in [0, 0.05) is 22.4 Å². The number of nitrogen functional groups attached to an aromatic ring is 1. The van der Waals surface area contributed by atoms with Crippen molar-refractivity contribution >= 4 is 44.8 Å². The van der Waals surface area contributed by atoms with Gasteiger partial charge >= 0.3 is 0 Å². The number of sulfonamides is 1. The standard InChI is InChI=1S/C29H25ClN4O4S2/c30-26-25(18-35)34(29(31)32-26)17-20-11-13-21(14-12-20)24-16-23(15-19-7-3-1-4-8-19)39-28(24)40(37,38)33-27(36)22-9-5-2-6-10-22/h1-14,16,35H,15,17-18H2,(H2,31,32)(H,33,36). The van der Waals surface area contributed by atoms with E-state index < -0.39 is 15.9 Å². The molecule has 0 unspecified atom stereocenters. The van der Waals surface area contributed by atoms with E-state index in [1.807, 2.05) is 60.7 Å². The van der Waals surface area contributed by atoms with Crippen LogP contribution in [0.2, 0.25) is 5.15 Å². The van der Waals surface area contributed by atoms with Gasteiger partial charge in [-0.1, -0.05) is 84.4 Å². The summed E-state index contributed by atoms with van der Waals surface area (Å²) in [6.45, 7) is 0.0129. The molecule has 5 aromatic rings. The number of hydrogen-bond acceptors (Lipinski definition) is 7. The van der Waals surface area contributed by atoms with Crippen molar-refractivity contribution in [2.45, 2.75) is 23.8 Å². The van der Waals surface area contributed by atoms with Crippen molar-refractivity contribution < 1.29 is 18.3 Å². The van der Waals surface area contributed by atoms with Gasteiger partial charge in [0.25, 0.3) is 15.9 Å². The molecule has 3 aromatic carbocycles. The molecule has 40 heavy (non-hydrogen) atoms. The lowest BCUT2D eigenvalue weighted by molar-refractivity contribution is 0.0981. The Bertz CT molecular complexity index is 1750. The predicted molar refractivity (Wildman–Crippen MR) is 157 cm³/mol. The fourth-order valence-corrected chi connectivity index (χ4v) is 7.29. The molecule has 0 spiro atoms. The molecule has 0 aliphatic heterocycles. The van der Waals surface area contributed by atoms with Crippen molar-refractivity contribution in [2.75, 3.05) is 5.73 Å². The van der Waals surface area contributed by atoms with Gasteiger partial charge in [0.15, 0.2) is 5.15 Å². The Kier molecular flexibility index (Phi) is 8.04. The molecule has 0 radical (unpaired) electrons. The summed E-state index contributed by atoms with van der Waals surface area (Å²) < 4.78 is 30.9. The lowest BCUT2D eigenvalue weighted by Crippen LogP contribution is -2.30. The smallest absolute Gasteiger partial charge is 0.274 e. The molecule has 2 heterocycles. The Balaban J connectivity index is 1.49. The molecule has 0 aliphatic carbocycles. The molecule has 8 nitrogen and oxygen atoms in total. The molecule has 0 saturated heterocycles. The Hall–Kier alpha value is -3.96. The van der Waals surface area contributed by atoms with Gasteiger partial charge in [-0.05, 0) is 34.9 Å². The van der Waals surface area contributed by atoms with Crippen LogP contribution in [0.1, 0.15) is 32.1 Å². The quantitative estimate of drug-likeness (QED) is 0.219.